The smallest absolute Gasteiger partial charge is 0.324 e. The Morgan fingerprint density at radius 1 is 1.16 bits per heavy atom. The normalized spacial score (nSPS) is 21.2. The average molecular weight is 431 g/mol. The van der Waals surface area contributed by atoms with Gasteiger partial charge in [-0.15, -0.1) is 0 Å². The van der Waals surface area contributed by atoms with E-state index < -0.39 is 30.5 Å². The van der Waals surface area contributed by atoms with Gasteiger partial charge in [0.05, 0.1) is 24.3 Å². The first kappa shape index (κ1) is 21.4. The molecule has 0 aromatic heterocycles. The van der Waals surface area contributed by atoms with Crippen LogP contribution in [0, 0.1) is 0 Å². The summed E-state index contributed by atoms with van der Waals surface area (Å²) in [6.07, 6.45) is -2.82. The van der Waals surface area contributed by atoms with E-state index in [1.807, 2.05) is 23.1 Å². The summed E-state index contributed by atoms with van der Waals surface area (Å²) in [4.78, 5) is 28.0. The fourth-order valence-electron chi connectivity index (χ4n) is 4.58. The number of anilines is 2. The van der Waals surface area contributed by atoms with Crippen molar-refractivity contribution in [3.63, 3.8) is 0 Å². The van der Waals surface area contributed by atoms with Gasteiger partial charge in [0.15, 0.2) is 0 Å². The number of nitrogens with zero attached hydrogens (tertiary/aromatic N) is 2. The van der Waals surface area contributed by atoms with Crippen molar-refractivity contribution < 1.29 is 22.8 Å². The predicted molar refractivity (Wildman–Crippen MR) is 112 cm³/mol. The van der Waals surface area contributed by atoms with E-state index in [0.29, 0.717) is 0 Å². The second kappa shape index (κ2) is 8.34. The van der Waals surface area contributed by atoms with Gasteiger partial charge in [0.25, 0.3) is 0 Å². The third-order valence-electron chi connectivity index (χ3n) is 6.03. The highest BCUT2D eigenvalue weighted by Crippen LogP contribution is 2.38. The molecule has 1 aliphatic carbocycles. The molecule has 1 aliphatic heterocycles. The molecule has 2 amide bonds. The van der Waals surface area contributed by atoms with Crippen molar-refractivity contribution in [2.75, 3.05) is 23.8 Å². The second-order valence-corrected chi connectivity index (χ2v) is 8.11. The van der Waals surface area contributed by atoms with Gasteiger partial charge in [0.2, 0.25) is 11.8 Å². The van der Waals surface area contributed by atoms with Crippen LogP contribution in [0.2, 0.25) is 0 Å². The molecule has 2 atom stereocenters. The minimum absolute atomic E-state index is 0.0415. The predicted octanol–water partition coefficient (Wildman–Crippen LogP) is 4.30. The first-order chi connectivity index (χ1) is 14.8. The van der Waals surface area contributed by atoms with Crippen LogP contribution in [-0.4, -0.2) is 42.5 Å². The number of fused-ring (bicyclic) bond motifs is 2. The van der Waals surface area contributed by atoms with E-state index >= 15 is 0 Å². The van der Waals surface area contributed by atoms with Crippen molar-refractivity contribution in [3.8, 4) is 0 Å². The van der Waals surface area contributed by atoms with Gasteiger partial charge < -0.3 is 5.32 Å². The Bertz CT molecular complexity index is 992. The van der Waals surface area contributed by atoms with Crippen molar-refractivity contribution in [3.05, 3.63) is 59.7 Å². The maximum absolute atomic E-state index is 13.9. The summed E-state index contributed by atoms with van der Waals surface area (Å²) >= 11 is 0. The summed E-state index contributed by atoms with van der Waals surface area (Å²) in [7, 11) is 1.76. The van der Waals surface area contributed by atoms with Crippen molar-refractivity contribution in [2.45, 2.75) is 43.9 Å². The maximum atomic E-state index is 13.9. The molecule has 164 valence electrons. The quantitative estimate of drug-likeness (QED) is 0.788. The van der Waals surface area contributed by atoms with E-state index in [1.165, 1.54) is 17.7 Å². The molecule has 8 heteroatoms. The Kier molecular flexibility index (Phi) is 5.75. The van der Waals surface area contributed by atoms with Crippen LogP contribution in [-0.2, 0) is 16.0 Å². The van der Waals surface area contributed by atoms with Crippen LogP contribution in [0.5, 0.6) is 0 Å². The van der Waals surface area contributed by atoms with E-state index in [1.54, 1.807) is 19.2 Å². The van der Waals surface area contributed by atoms with E-state index in [2.05, 4.69) is 11.4 Å². The molecule has 0 spiro atoms. The highest BCUT2D eigenvalue weighted by atomic mass is 19.4. The van der Waals surface area contributed by atoms with Gasteiger partial charge in [-0.05, 0) is 49.6 Å². The van der Waals surface area contributed by atoms with Crippen LogP contribution in [0.1, 0.15) is 36.4 Å². The van der Waals surface area contributed by atoms with Crippen molar-refractivity contribution in [2.24, 2.45) is 0 Å². The molecule has 31 heavy (non-hydrogen) atoms. The lowest BCUT2D eigenvalue weighted by atomic mass is 9.87. The van der Waals surface area contributed by atoms with E-state index in [0.717, 1.165) is 29.7 Å². The fraction of sp³-hybridized carbons (Fsp3) is 0.391. The molecule has 0 fully saturated rings. The number of hydrogen-bond acceptors (Lipinski definition) is 3. The zero-order chi connectivity index (χ0) is 22.2. The van der Waals surface area contributed by atoms with Crippen molar-refractivity contribution in [1.29, 1.82) is 0 Å². The number of hydrogen-bond donors (Lipinski definition) is 1. The van der Waals surface area contributed by atoms with Crippen LogP contribution >= 0.6 is 0 Å². The van der Waals surface area contributed by atoms with Crippen LogP contribution in [0.25, 0.3) is 0 Å². The highest BCUT2D eigenvalue weighted by Gasteiger charge is 2.49. The number of benzene rings is 2. The zero-order valence-corrected chi connectivity index (χ0v) is 17.2. The number of carbonyl (C=O) groups excluding carboxylic acids is 2. The first-order valence-corrected chi connectivity index (χ1v) is 10.3. The third kappa shape index (κ3) is 4.30. The van der Waals surface area contributed by atoms with Gasteiger partial charge in [-0.3, -0.25) is 19.4 Å². The highest BCUT2D eigenvalue weighted by molar-refractivity contribution is 6.05. The Morgan fingerprint density at radius 3 is 2.65 bits per heavy atom. The van der Waals surface area contributed by atoms with Crippen LogP contribution < -0.4 is 10.2 Å². The second-order valence-electron chi connectivity index (χ2n) is 8.11. The molecule has 0 bridgehead atoms. The summed E-state index contributed by atoms with van der Waals surface area (Å²) in [6.45, 7) is -0.186. The van der Waals surface area contributed by atoms with Gasteiger partial charge >= 0.3 is 6.18 Å². The standard InChI is InChI=1S/C23H24F3N3O2/c1-28(18-12-6-8-15-7-2-3-9-16(15)18)14-22(31)29-19-11-5-4-10-17(19)27-21(30)13-20(29)23(24,25)26/h2-5,7,9-11,18,20H,6,8,12-14H2,1H3,(H,27,30)/t18-,20-/m0/s1. The molecule has 0 unspecified atom stereocenters. The SMILES string of the molecule is CN(CC(=O)N1c2ccccc2NC(=O)C[C@H]1C(F)(F)F)[C@H]1CCCc2ccccc21. The number of amides is 2. The molecule has 1 heterocycles. The van der Waals surface area contributed by atoms with Gasteiger partial charge in [-0.1, -0.05) is 36.4 Å². The Hall–Kier alpha value is -2.87. The van der Waals surface area contributed by atoms with Gasteiger partial charge in [-0.2, -0.15) is 13.2 Å². The number of para-hydroxylation sites is 2. The van der Waals surface area contributed by atoms with Crippen molar-refractivity contribution >= 4 is 23.2 Å². The zero-order valence-electron chi connectivity index (χ0n) is 17.2. The fourth-order valence-corrected chi connectivity index (χ4v) is 4.58. The lowest BCUT2D eigenvalue weighted by Crippen LogP contribution is -2.52. The molecule has 2 aromatic rings. The minimum Gasteiger partial charge on any atom is -0.324 e. The number of rotatable bonds is 3. The van der Waals surface area contributed by atoms with E-state index in [4.69, 9.17) is 0 Å². The Morgan fingerprint density at radius 2 is 1.87 bits per heavy atom. The lowest BCUT2D eigenvalue weighted by molar-refractivity contribution is -0.158. The summed E-state index contributed by atoms with van der Waals surface area (Å²) < 4.78 is 41.7. The van der Waals surface area contributed by atoms with E-state index in [-0.39, 0.29) is 24.0 Å². The van der Waals surface area contributed by atoms with Crippen LogP contribution in [0.3, 0.4) is 0 Å². The Labute approximate surface area is 178 Å². The molecule has 1 N–H and O–H groups in total. The molecule has 0 saturated heterocycles. The molecule has 4 rings (SSSR count). The van der Waals surface area contributed by atoms with Crippen LogP contribution in [0.4, 0.5) is 24.5 Å². The Balaban J connectivity index is 1.65. The monoisotopic (exact) mass is 431 g/mol. The summed E-state index contributed by atoms with van der Waals surface area (Å²) in [5.41, 5.74) is 2.60. The maximum Gasteiger partial charge on any atom is 0.409 e. The largest absolute Gasteiger partial charge is 0.409 e. The number of carbonyl (C=O) groups is 2. The van der Waals surface area contributed by atoms with Crippen LogP contribution in [0.15, 0.2) is 48.5 Å². The molecular weight excluding hydrogens is 407 g/mol. The van der Waals surface area contributed by atoms with Gasteiger partial charge in [0.1, 0.15) is 6.04 Å². The molecule has 5 nitrogen and oxygen atoms in total. The number of halogens is 3. The van der Waals surface area contributed by atoms with Gasteiger partial charge in [0, 0.05) is 6.04 Å². The number of aryl methyl sites for hydroxylation is 1. The topological polar surface area (TPSA) is 52.7 Å². The third-order valence-corrected chi connectivity index (χ3v) is 6.03. The van der Waals surface area contributed by atoms with Crippen molar-refractivity contribution in [1.82, 2.24) is 4.90 Å². The molecule has 2 aromatic carbocycles. The molecular formula is C23H24F3N3O2. The summed E-state index contributed by atoms with van der Waals surface area (Å²) in [5, 5.41) is 2.49. The summed E-state index contributed by atoms with van der Waals surface area (Å²) in [6, 6.07) is 11.8. The lowest BCUT2D eigenvalue weighted by Gasteiger charge is -2.36. The minimum atomic E-state index is -4.74. The number of alkyl halides is 3. The summed E-state index contributed by atoms with van der Waals surface area (Å²) in [5.74, 6) is -1.45. The van der Waals surface area contributed by atoms with Gasteiger partial charge in [-0.25, -0.2) is 0 Å². The number of likely N-dealkylation sites (N-methyl/N-ethyl adjacent to an activating group) is 1. The first-order valence-electron chi connectivity index (χ1n) is 10.3. The number of nitrogens with one attached hydrogen (secondary N) is 1. The molecule has 0 saturated carbocycles. The van der Waals surface area contributed by atoms with E-state index in [9.17, 15) is 22.8 Å². The molecule has 2 aliphatic rings. The molecule has 0 radical (unpaired) electrons. The average Bonchev–Trinajstić information content (AvgIpc) is 2.88.